The van der Waals surface area contributed by atoms with Crippen molar-refractivity contribution in [1.82, 2.24) is 4.90 Å². The van der Waals surface area contributed by atoms with Gasteiger partial charge < -0.3 is 15.4 Å². The van der Waals surface area contributed by atoms with Crippen molar-refractivity contribution in [2.45, 2.75) is 38.3 Å². The fourth-order valence-electron chi connectivity index (χ4n) is 1.91. The number of likely N-dealkylation sites (tertiary alicyclic amines) is 1. The Kier molecular flexibility index (Phi) is 6.89. The van der Waals surface area contributed by atoms with Gasteiger partial charge in [-0.15, -0.1) is 12.4 Å². The van der Waals surface area contributed by atoms with Crippen molar-refractivity contribution in [3.05, 3.63) is 0 Å². The smallest absolute Gasteiger partial charge is 0.253 e. The van der Waals surface area contributed by atoms with Gasteiger partial charge in [-0.1, -0.05) is 0 Å². The van der Waals surface area contributed by atoms with Crippen LogP contribution in [0.2, 0.25) is 0 Å². The minimum Gasteiger partial charge on any atom is -0.370 e. The molecule has 1 saturated heterocycles. The first-order chi connectivity index (χ1) is 6.70. The number of halogens is 1. The Labute approximate surface area is 97.5 Å². The predicted octanol–water partition coefficient (Wildman–Crippen LogP) is 0.783. The molecule has 0 aliphatic carbocycles. The summed E-state index contributed by atoms with van der Waals surface area (Å²) >= 11 is 0. The van der Waals surface area contributed by atoms with E-state index in [1.807, 2.05) is 4.90 Å². The number of hydrogen-bond donors (Lipinski definition) is 1. The van der Waals surface area contributed by atoms with Crippen molar-refractivity contribution in [2.24, 2.45) is 5.73 Å². The Bertz CT molecular complexity index is 198. The van der Waals surface area contributed by atoms with Crippen LogP contribution >= 0.6 is 12.4 Å². The normalized spacial score (nSPS) is 23.1. The van der Waals surface area contributed by atoms with Gasteiger partial charge in [-0.05, 0) is 26.2 Å². The van der Waals surface area contributed by atoms with Gasteiger partial charge in [-0.25, -0.2) is 0 Å². The van der Waals surface area contributed by atoms with Crippen LogP contribution in [-0.4, -0.2) is 43.2 Å². The fourth-order valence-corrected chi connectivity index (χ4v) is 1.91. The van der Waals surface area contributed by atoms with E-state index in [9.17, 15) is 4.79 Å². The summed E-state index contributed by atoms with van der Waals surface area (Å²) in [4.78, 5) is 13.8. The molecule has 5 heteroatoms. The van der Waals surface area contributed by atoms with Gasteiger partial charge in [-0.2, -0.15) is 0 Å². The number of rotatable bonds is 3. The lowest BCUT2D eigenvalue weighted by molar-refractivity contribution is -0.144. The minimum atomic E-state index is -0.462. The average molecular weight is 237 g/mol. The number of carbonyl (C=O) groups is 1. The molecular weight excluding hydrogens is 216 g/mol. The van der Waals surface area contributed by atoms with E-state index in [1.165, 1.54) is 13.5 Å². The Morgan fingerprint density at radius 3 is 2.73 bits per heavy atom. The molecule has 2 N–H and O–H groups in total. The van der Waals surface area contributed by atoms with E-state index in [2.05, 4.69) is 6.92 Å². The molecule has 1 fully saturated rings. The van der Waals surface area contributed by atoms with E-state index in [-0.39, 0.29) is 24.9 Å². The number of nitrogens with two attached hydrogens (primary N) is 1. The highest BCUT2D eigenvalue weighted by Crippen LogP contribution is 2.17. The number of hydrogen-bond acceptors (Lipinski definition) is 3. The maximum atomic E-state index is 11.9. The fraction of sp³-hybridized carbons (Fsp3) is 0.900. The Balaban J connectivity index is 0.00000196. The van der Waals surface area contributed by atoms with E-state index in [0.29, 0.717) is 6.04 Å². The molecule has 4 nitrogen and oxygen atoms in total. The van der Waals surface area contributed by atoms with Crippen molar-refractivity contribution in [3.8, 4) is 0 Å². The van der Waals surface area contributed by atoms with Crippen LogP contribution in [0.15, 0.2) is 0 Å². The van der Waals surface area contributed by atoms with Gasteiger partial charge in [0.15, 0.2) is 0 Å². The largest absolute Gasteiger partial charge is 0.370 e. The van der Waals surface area contributed by atoms with Gasteiger partial charge in [0.2, 0.25) is 0 Å². The number of carbonyl (C=O) groups excluding carboxylic acids is 1. The van der Waals surface area contributed by atoms with E-state index >= 15 is 0 Å². The maximum Gasteiger partial charge on any atom is 0.253 e. The predicted molar refractivity (Wildman–Crippen MR) is 62.1 cm³/mol. The summed E-state index contributed by atoms with van der Waals surface area (Å²) in [5.74, 6) is 0.0437. The van der Waals surface area contributed by atoms with Crippen LogP contribution in [0.5, 0.6) is 0 Å². The second-order valence-corrected chi connectivity index (χ2v) is 3.84. The molecule has 0 spiro atoms. The van der Waals surface area contributed by atoms with Crippen LogP contribution < -0.4 is 5.73 Å². The first kappa shape index (κ1) is 14.7. The van der Waals surface area contributed by atoms with Gasteiger partial charge in [-0.3, -0.25) is 4.79 Å². The molecule has 1 aliphatic heterocycles. The van der Waals surface area contributed by atoms with Crippen LogP contribution in [0.3, 0.4) is 0 Å². The number of ether oxygens (including phenoxy) is 1. The minimum absolute atomic E-state index is 0. The molecule has 90 valence electrons. The van der Waals surface area contributed by atoms with Crippen molar-refractivity contribution < 1.29 is 9.53 Å². The molecule has 15 heavy (non-hydrogen) atoms. The third-order valence-electron chi connectivity index (χ3n) is 2.86. The number of methoxy groups -OCH3 is 1. The monoisotopic (exact) mass is 236 g/mol. The average Bonchev–Trinajstić information content (AvgIpc) is 2.20. The summed E-state index contributed by atoms with van der Waals surface area (Å²) in [7, 11) is 1.53. The molecule has 0 aromatic carbocycles. The standard InChI is InChI=1S/C10H20N2O2.ClH/c1-8-5-3-4-6-12(8)10(13)9(7-11)14-2;/h8-9H,3-7,11H2,1-2H3;1H. The highest BCUT2D eigenvalue weighted by molar-refractivity contribution is 5.85. The highest BCUT2D eigenvalue weighted by Gasteiger charge is 2.28. The summed E-state index contributed by atoms with van der Waals surface area (Å²) in [6.45, 7) is 3.19. The van der Waals surface area contributed by atoms with Gasteiger partial charge in [0.25, 0.3) is 5.91 Å². The van der Waals surface area contributed by atoms with Crippen LogP contribution in [0.4, 0.5) is 0 Å². The number of piperidine rings is 1. The summed E-state index contributed by atoms with van der Waals surface area (Å²) in [6.07, 6.45) is 2.94. The van der Waals surface area contributed by atoms with Gasteiger partial charge >= 0.3 is 0 Å². The molecule has 0 radical (unpaired) electrons. The molecule has 0 aromatic heterocycles. The molecule has 1 rings (SSSR count). The van der Waals surface area contributed by atoms with Crippen LogP contribution in [0.1, 0.15) is 26.2 Å². The summed E-state index contributed by atoms with van der Waals surface area (Å²) < 4.78 is 5.05. The summed E-state index contributed by atoms with van der Waals surface area (Å²) in [5, 5.41) is 0. The lowest BCUT2D eigenvalue weighted by Gasteiger charge is -2.35. The van der Waals surface area contributed by atoms with Crippen molar-refractivity contribution in [3.63, 3.8) is 0 Å². The van der Waals surface area contributed by atoms with Crippen LogP contribution in [0.25, 0.3) is 0 Å². The van der Waals surface area contributed by atoms with Gasteiger partial charge in [0, 0.05) is 26.2 Å². The molecule has 1 amide bonds. The second-order valence-electron chi connectivity index (χ2n) is 3.84. The second kappa shape index (κ2) is 7.04. The zero-order valence-corrected chi connectivity index (χ0v) is 10.3. The van der Waals surface area contributed by atoms with Crippen molar-refractivity contribution >= 4 is 18.3 Å². The van der Waals surface area contributed by atoms with Crippen molar-refractivity contribution in [1.29, 1.82) is 0 Å². The van der Waals surface area contributed by atoms with E-state index in [1.54, 1.807) is 0 Å². The third kappa shape index (κ3) is 3.63. The SMILES string of the molecule is COC(CN)C(=O)N1CCCCC1C.Cl. The number of amides is 1. The van der Waals surface area contributed by atoms with Crippen LogP contribution in [0, 0.1) is 0 Å². The van der Waals surface area contributed by atoms with Gasteiger partial charge in [0.05, 0.1) is 0 Å². The van der Waals surface area contributed by atoms with Gasteiger partial charge in [0.1, 0.15) is 6.10 Å². The summed E-state index contributed by atoms with van der Waals surface area (Å²) in [6, 6.07) is 0.334. The number of nitrogens with zero attached hydrogens (tertiary/aromatic N) is 1. The zero-order valence-electron chi connectivity index (χ0n) is 9.44. The van der Waals surface area contributed by atoms with Crippen molar-refractivity contribution in [2.75, 3.05) is 20.2 Å². The molecule has 0 saturated carbocycles. The third-order valence-corrected chi connectivity index (χ3v) is 2.86. The molecule has 1 aliphatic rings. The van der Waals surface area contributed by atoms with E-state index in [0.717, 1.165) is 19.4 Å². The quantitative estimate of drug-likeness (QED) is 0.788. The summed E-state index contributed by atoms with van der Waals surface area (Å²) in [5.41, 5.74) is 5.46. The highest BCUT2D eigenvalue weighted by atomic mass is 35.5. The Hall–Kier alpha value is -0.320. The van der Waals surface area contributed by atoms with E-state index in [4.69, 9.17) is 10.5 Å². The lowest BCUT2D eigenvalue weighted by Crippen LogP contribution is -2.49. The lowest BCUT2D eigenvalue weighted by atomic mass is 10.0. The Morgan fingerprint density at radius 2 is 2.27 bits per heavy atom. The molecular formula is C10H21ClN2O2. The Morgan fingerprint density at radius 1 is 1.60 bits per heavy atom. The topological polar surface area (TPSA) is 55.6 Å². The van der Waals surface area contributed by atoms with Crippen LogP contribution in [-0.2, 0) is 9.53 Å². The molecule has 1 heterocycles. The molecule has 0 bridgehead atoms. The maximum absolute atomic E-state index is 11.9. The molecule has 2 unspecified atom stereocenters. The van der Waals surface area contributed by atoms with E-state index < -0.39 is 6.10 Å². The molecule has 0 aromatic rings. The first-order valence-electron chi connectivity index (χ1n) is 5.24. The molecule has 2 atom stereocenters. The first-order valence-corrected chi connectivity index (χ1v) is 5.24. The zero-order chi connectivity index (χ0) is 10.6.